The zero-order valence-corrected chi connectivity index (χ0v) is 13.1. The number of nitrogens with one attached hydrogen (secondary N) is 1. The van der Waals surface area contributed by atoms with Gasteiger partial charge in [-0.05, 0) is 44.5 Å². The first-order valence-corrected chi connectivity index (χ1v) is 7.17. The lowest BCUT2D eigenvalue weighted by atomic mass is 10.2. The molecule has 0 saturated heterocycles. The quantitative estimate of drug-likeness (QED) is 0.882. The van der Waals surface area contributed by atoms with Gasteiger partial charge in [-0.3, -0.25) is 0 Å². The van der Waals surface area contributed by atoms with Crippen LogP contribution >= 0.6 is 0 Å². The fourth-order valence-electron chi connectivity index (χ4n) is 2.17. The zero-order chi connectivity index (χ0) is 15.2. The molecule has 5 nitrogen and oxygen atoms in total. The van der Waals surface area contributed by atoms with Crippen LogP contribution in [-0.2, 0) is 0 Å². The number of anilines is 3. The van der Waals surface area contributed by atoms with Crippen LogP contribution in [0.5, 0.6) is 5.75 Å². The van der Waals surface area contributed by atoms with Gasteiger partial charge in [0, 0.05) is 19.3 Å². The van der Waals surface area contributed by atoms with Crippen molar-refractivity contribution in [2.24, 2.45) is 0 Å². The molecule has 0 aliphatic heterocycles. The molecule has 1 aromatic carbocycles. The molecule has 0 aliphatic carbocycles. The summed E-state index contributed by atoms with van der Waals surface area (Å²) < 4.78 is 5.36. The van der Waals surface area contributed by atoms with Crippen molar-refractivity contribution in [1.82, 2.24) is 9.97 Å². The van der Waals surface area contributed by atoms with E-state index in [0.29, 0.717) is 5.95 Å². The summed E-state index contributed by atoms with van der Waals surface area (Å²) in [5.74, 6) is 2.27. The van der Waals surface area contributed by atoms with Crippen LogP contribution in [0.25, 0.3) is 0 Å². The first kappa shape index (κ1) is 15.1. The summed E-state index contributed by atoms with van der Waals surface area (Å²) in [7, 11) is 1.66. The molecule has 2 aromatic rings. The Morgan fingerprint density at radius 1 is 1.19 bits per heavy atom. The Labute approximate surface area is 126 Å². The Bertz CT molecular complexity index is 597. The van der Waals surface area contributed by atoms with E-state index in [4.69, 9.17) is 4.74 Å². The SMILES string of the molecule is CCN(CC)c1ccnc(Nc2cc(C)ccc2OC)n1. The van der Waals surface area contributed by atoms with Crippen molar-refractivity contribution < 1.29 is 4.74 Å². The predicted octanol–water partition coefficient (Wildman–Crippen LogP) is 3.38. The van der Waals surface area contributed by atoms with Crippen molar-refractivity contribution in [3.63, 3.8) is 0 Å². The fourth-order valence-corrected chi connectivity index (χ4v) is 2.17. The number of hydrogen-bond acceptors (Lipinski definition) is 5. The van der Waals surface area contributed by atoms with Crippen molar-refractivity contribution in [2.75, 3.05) is 30.4 Å². The Morgan fingerprint density at radius 3 is 2.62 bits per heavy atom. The molecule has 0 saturated carbocycles. The summed E-state index contributed by atoms with van der Waals surface area (Å²) in [5, 5.41) is 3.23. The van der Waals surface area contributed by atoms with Crippen LogP contribution in [-0.4, -0.2) is 30.2 Å². The summed E-state index contributed by atoms with van der Waals surface area (Å²) in [6.45, 7) is 8.10. The molecule has 0 atom stereocenters. The second kappa shape index (κ2) is 6.92. The van der Waals surface area contributed by atoms with E-state index in [1.807, 2.05) is 31.2 Å². The van der Waals surface area contributed by atoms with Crippen LogP contribution in [0.2, 0.25) is 0 Å². The van der Waals surface area contributed by atoms with Crippen molar-refractivity contribution in [3.05, 3.63) is 36.0 Å². The molecular formula is C16H22N4O. The van der Waals surface area contributed by atoms with Crippen molar-refractivity contribution in [3.8, 4) is 5.75 Å². The highest BCUT2D eigenvalue weighted by Gasteiger charge is 2.08. The summed E-state index contributed by atoms with van der Waals surface area (Å²) in [4.78, 5) is 11.0. The van der Waals surface area contributed by atoms with E-state index in [-0.39, 0.29) is 0 Å². The molecule has 1 aromatic heterocycles. The Kier molecular flexibility index (Phi) is 4.98. The number of nitrogens with zero attached hydrogens (tertiary/aromatic N) is 3. The molecule has 0 fully saturated rings. The highest BCUT2D eigenvalue weighted by atomic mass is 16.5. The topological polar surface area (TPSA) is 50.3 Å². The molecule has 0 radical (unpaired) electrons. The molecule has 0 bridgehead atoms. The van der Waals surface area contributed by atoms with E-state index >= 15 is 0 Å². The Morgan fingerprint density at radius 2 is 1.95 bits per heavy atom. The van der Waals surface area contributed by atoms with Crippen LogP contribution in [0.4, 0.5) is 17.5 Å². The predicted molar refractivity (Wildman–Crippen MR) is 86.6 cm³/mol. The van der Waals surface area contributed by atoms with E-state index in [1.54, 1.807) is 13.3 Å². The smallest absolute Gasteiger partial charge is 0.229 e. The number of rotatable bonds is 6. The van der Waals surface area contributed by atoms with Gasteiger partial charge >= 0.3 is 0 Å². The zero-order valence-electron chi connectivity index (χ0n) is 13.1. The normalized spacial score (nSPS) is 10.3. The number of aryl methyl sites for hydroxylation is 1. The number of ether oxygens (including phenoxy) is 1. The Balaban J connectivity index is 2.28. The third-order valence-electron chi connectivity index (χ3n) is 3.33. The van der Waals surface area contributed by atoms with Crippen molar-refractivity contribution in [2.45, 2.75) is 20.8 Å². The van der Waals surface area contributed by atoms with E-state index in [1.165, 1.54) is 0 Å². The number of aromatic nitrogens is 2. The van der Waals surface area contributed by atoms with E-state index in [9.17, 15) is 0 Å². The Hall–Kier alpha value is -2.30. The maximum Gasteiger partial charge on any atom is 0.229 e. The fraction of sp³-hybridized carbons (Fsp3) is 0.375. The van der Waals surface area contributed by atoms with Gasteiger partial charge in [-0.15, -0.1) is 0 Å². The van der Waals surface area contributed by atoms with Gasteiger partial charge in [0.05, 0.1) is 12.8 Å². The van der Waals surface area contributed by atoms with Gasteiger partial charge in [0.2, 0.25) is 5.95 Å². The largest absolute Gasteiger partial charge is 0.495 e. The summed E-state index contributed by atoms with van der Waals surface area (Å²) in [6.07, 6.45) is 1.77. The van der Waals surface area contributed by atoms with Gasteiger partial charge in [-0.2, -0.15) is 4.98 Å². The second-order valence-corrected chi connectivity index (χ2v) is 4.74. The van der Waals surface area contributed by atoms with E-state index < -0.39 is 0 Å². The molecule has 5 heteroatoms. The average molecular weight is 286 g/mol. The van der Waals surface area contributed by atoms with Gasteiger partial charge in [0.1, 0.15) is 11.6 Å². The summed E-state index contributed by atoms with van der Waals surface area (Å²) in [6, 6.07) is 7.89. The molecule has 112 valence electrons. The van der Waals surface area contributed by atoms with Gasteiger partial charge in [0.25, 0.3) is 0 Å². The van der Waals surface area contributed by atoms with Gasteiger partial charge in [0.15, 0.2) is 0 Å². The maximum absolute atomic E-state index is 5.36. The maximum atomic E-state index is 5.36. The molecule has 2 rings (SSSR count). The lowest BCUT2D eigenvalue weighted by Crippen LogP contribution is -2.23. The van der Waals surface area contributed by atoms with Crippen LogP contribution in [0, 0.1) is 6.92 Å². The molecule has 0 spiro atoms. The van der Waals surface area contributed by atoms with Crippen molar-refractivity contribution in [1.29, 1.82) is 0 Å². The number of methoxy groups -OCH3 is 1. The number of benzene rings is 1. The molecule has 0 amide bonds. The minimum absolute atomic E-state index is 0.572. The minimum atomic E-state index is 0.572. The third kappa shape index (κ3) is 3.62. The van der Waals surface area contributed by atoms with E-state index in [0.717, 1.165) is 35.9 Å². The second-order valence-electron chi connectivity index (χ2n) is 4.74. The first-order chi connectivity index (χ1) is 10.2. The molecular weight excluding hydrogens is 264 g/mol. The third-order valence-corrected chi connectivity index (χ3v) is 3.33. The molecule has 0 unspecified atom stereocenters. The summed E-state index contributed by atoms with van der Waals surface area (Å²) in [5.41, 5.74) is 2.02. The lowest BCUT2D eigenvalue weighted by molar-refractivity contribution is 0.416. The summed E-state index contributed by atoms with van der Waals surface area (Å²) >= 11 is 0. The molecule has 0 aliphatic rings. The monoisotopic (exact) mass is 286 g/mol. The lowest BCUT2D eigenvalue weighted by Gasteiger charge is -2.20. The van der Waals surface area contributed by atoms with Gasteiger partial charge in [-0.25, -0.2) is 4.98 Å². The van der Waals surface area contributed by atoms with Crippen LogP contribution in [0.1, 0.15) is 19.4 Å². The van der Waals surface area contributed by atoms with Crippen LogP contribution < -0.4 is 15.0 Å². The van der Waals surface area contributed by atoms with Crippen molar-refractivity contribution >= 4 is 17.5 Å². The molecule has 1 heterocycles. The van der Waals surface area contributed by atoms with Crippen LogP contribution in [0.3, 0.4) is 0 Å². The minimum Gasteiger partial charge on any atom is -0.495 e. The first-order valence-electron chi connectivity index (χ1n) is 7.17. The number of hydrogen-bond donors (Lipinski definition) is 1. The highest BCUT2D eigenvalue weighted by Crippen LogP contribution is 2.27. The average Bonchev–Trinajstić information content (AvgIpc) is 2.49. The van der Waals surface area contributed by atoms with E-state index in [2.05, 4.69) is 34.0 Å². The van der Waals surface area contributed by atoms with Gasteiger partial charge < -0.3 is 15.0 Å². The highest BCUT2D eigenvalue weighted by molar-refractivity contribution is 5.64. The molecule has 21 heavy (non-hydrogen) atoms. The standard InChI is InChI=1S/C16H22N4O/c1-5-20(6-2)15-9-10-17-16(19-15)18-13-11-12(3)7-8-14(13)21-4/h7-11H,5-6H2,1-4H3,(H,17,18,19). The van der Waals surface area contributed by atoms with Crippen LogP contribution in [0.15, 0.2) is 30.5 Å². The molecule has 1 N–H and O–H groups in total. The van der Waals surface area contributed by atoms with Gasteiger partial charge in [-0.1, -0.05) is 6.07 Å².